The molecule has 1 aliphatic rings. The fourth-order valence-electron chi connectivity index (χ4n) is 1.47. The second kappa shape index (κ2) is 2.50. The van der Waals surface area contributed by atoms with E-state index in [1.165, 1.54) is 6.92 Å². The third-order valence-corrected chi connectivity index (χ3v) is 2.16. The van der Waals surface area contributed by atoms with Gasteiger partial charge < -0.3 is 5.32 Å². The number of anilines is 1. The zero-order valence-corrected chi connectivity index (χ0v) is 7.20. The maximum Gasteiger partial charge on any atom is 0.352 e. The van der Waals surface area contributed by atoms with Gasteiger partial charge in [-0.1, -0.05) is 0 Å². The van der Waals surface area contributed by atoms with Gasteiger partial charge in [-0.25, -0.2) is 4.39 Å². The summed E-state index contributed by atoms with van der Waals surface area (Å²) >= 11 is 0. The van der Waals surface area contributed by atoms with Crippen molar-refractivity contribution in [3.63, 3.8) is 0 Å². The third-order valence-electron chi connectivity index (χ3n) is 2.16. The quantitative estimate of drug-likeness (QED) is 0.684. The van der Waals surface area contributed by atoms with E-state index in [0.717, 1.165) is 6.07 Å². The number of halogens is 3. The molecule has 5 heteroatoms. The van der Waals surface area contributed by atoms with E-state index < -0.39 is 23.2 Å². The average molecular weight is 201 g/mol. The highest BCUT2D eigenvalue weighted by Gasteiger charge is 2.49. The minimum Gasteiger partial charge on any atom is -0.320 e. The highest BCUT2D eigenvalue weighted by Crippen LogP contribution is 2.42. The van der Waals surface area contributed by atoms with Crippen molar-refractivity contribution in [3.8, 4) is 0 Å². The van der Waals surface area contributed by atoms with Gasteiger partial charge in [0, 0.05) is 0 Å². The van der Waals surface area contributed by atoms with Crippen molar-refractivity contribution < 1.29 is 18.0 Å². The van der Waals surface area contributed by atoms with Crippen molar-refractivity contribution in [3.05, 3.63) is 29.1 Å². The Labute approximate surface area is 77.7 Å². The monoisotopic (exact) mass is 201 g/mol. The molecule has 0 fully saturated rings. The van der Waals surface area contributed by atoms with Crippen LogP contribution in [0.5, 0.6) is 0 Å². The number of nitrogens with one attached hydrogen (secondary N) is 1. The number of rotatable bonds is 0. The summed E-state index contributed by atoms with van der Waals surface area (Å²) < 4.78 is 39.0. The number of carbonyl (C=O) groups excluding carboxylic acids is 1. The lowest BCUT2D eigenvalue weighted by molar-refractivity contribution is -0.139. The number of alkyl halides is 2. The first-order valence-corrected chi connectivity index (χ1v) is 3.93. The highest BCUT2D eigenvalue weighted by atomic mass is 19.3. The van der Waals surface area contributed by atoms with Crippen molar-refractivity contribution in [2.75, 3.05) is 5.32 Å². The normalized spacial score (nSPS) is 17.9. The zero-order valence-electron chi connectivity index (χ0n) is 7.20. The van der Waals surface area contributed by atoms with Crippen LogP contribution in [-0.2, 0) is 10.7 Å². The van der Waals surface area contributed by atoms with E-state index in [-0.39, 0.29) is 5.69 Å². The molecule has 1 heterocycles. The number of amides is 1. The number of carbonyl (C=O) groups is 1. The summed E-state index contributed by atoms with van der Waals surface area (Å²) in [5.41, 5.74) is -0.271. The van der Waals surface area contributed by atoms with Gasteiger partial charge in [-0.3, -0.25) is 4.79 Å². The molecule has 0 bridgehead atoms. The Balaban J connectivity index is 2.71. The molecule has 0 atom stereocenters. The lowest BCUT2D eigenvalue weighted by atomic mass is 10.1. The van der Waals surface area contributed by atoms with E-state index in [0.29, 0.717) is 11.6 Å². The summed E-state index contributed by atoms with van der Waals surface area (Å²) in [4.78, 5) is 10.8. The summed E-state index contributed by atoms with van der Waals surface area (Å²) in [5, 5.41) is 2.03. The molecule has 0 unspecified atom stereocenters. The fourth-order valence-corrected chi connectivity index (χ4v) is 1.47. The molecule has 0 saturated heterocycles. The van der Waals surface area contributed by atoms with Gasteiger partial charge in [0.05, 0.1) is 11.3 Å². The molecular weight excluding hydrogens is 195 g/mol. The molecule has 2 rings (SSSR count). The number of aryl methyl sites for hydroxylation is 1. The molecule has 14 heavy (non-hydrogen) atoms. The number of hydrogen-bond donors (Lipinski definition) is 1. The second-order valence-corrected chi connectivity index (χ2v) is 3.17. The molecule has 1 N–H and O–H groups in total. The van der Waals surface area contributed by atoms with Gasteiger partial charge >= 0.3 is 5.92 Å². The summed E-state index contributed by atoms with van der Waals surface area (Å²) in [6.07, 6.45) is 0. The SMILES string of the molecule is Cc1cc(F)cc2c1NC(=O)C2(F)F. The zero-order chi connectivity index (χ0) is 10.5. The maximum absolute atomic E-state index is 13.1. The van der Waals surface area contributed by atoms with Crippen LogP contribution < -0.4 is 5.32 Å². The average Bonchev–Trinajstić information content (AvgIpc) is 2.28. The van der Waals surface area contributed by atoms with Gasteiger partial charge in [-0.2, -0.15) is 8.78 Å². The van der Waals surface area contributed by atoms with Crippen molar-refractivity contribution >= 4 is 11.6 Å². The Bertz CT molecular complexity index is 428. The van der Waals surface area contributed by atoms with Gasteiger partial charge in [0.25, 0.3) is 5.91 Å². The van der Waals surface area contributed by atoms with E-state index in [1.807, 2.05) is 5.32 Å². The summed E-state index contributed by atoms with van der Waals surface area (Å²) in [7, 11) is 0. The Hall–Kier alpha value is -1.52. The van der Waals surface area contributed by atoms with E-state index in [2.05, 4.69) is 0 Å². The lowest BCUT2D eigenvalue weighted by Gasteiger charge is -2.06. The molecule has 1 aromatic carbocycles. The molecule has 2 nitrogen and oxygen atoms in total. The summed E-state index contributed by atoms with van der Waals surface area (Å²) in [6.45, 7) is 1.46. The minimum atomic E-state index is -3.62. The van der Waals surface area contributed by atoms with Crippen LogP contribution in [0.3, 0.4) is 0 Å². The van der Waals surface area contributed by atoms with Crippen LogP contribution in [0.2, 0.25) is 0 Å². The van der Waals surface area contributed by atoms with Gasteiger partial charge in [-0.15, -0.1) is 0 Å². The Morgan fingerprint density at radius 2 is 2.00 bits per heavy atom. The van der Waals surface area contributed by atoms with E-state index in [4.69, 9.17) is 0 Å². The molecular formula is C9H6F3NO. The number of benzene rings is 1. The van der Waals surface area contributed by atoms with Crippen LogP contribution in [0.1, 0.15) is 11.1 Å². The van der Waals surface area contributed by atoms with Crippen molar-refractivity contribution in [1.82, 2.24) is 0 Å². The Kier molecular flexibility index (Phi) is 1.61. The standard InChI is InChI=1S/C9H6F3NO/c1-4-2-5(10)3-6-7(4)13-8(14)9(6,11)12/h2-3H,1H3,(H,13,14). The fraction of sp³-hybridized carbons (Fsp3) is 0.222. The van der Waals surface area contributed by atoms with Gasteiger partial charge in [0.15, 0.2) is 0 Å². The molecule has 0 spiro atoms. The highest BCUT2D eigenvalue weighted by molar-refractivity contribution is 6.04. The van der Waals surface area contributed by atoms with Gasteiger partial charge in [-0.05, 0) is 24.6 Å². The van der Waals surface area contributed by atoms with Crippen LogP contribution in [0.25, 0.3) is 0 Å². The third kappa shape index (κ3) is 1.01. The van der Waals surface area contributed by atoms with Crippen LogP contribution in [-0.4, -0.2) is 5.91 Å². The molecule has 0 radical (unpaired) electrons. The number of hydrogen-bond acceptors (Lipinski definition) is 1. The molecule has 1 aliphatic heterocycles. The van der Waals surface area contributed by atoms with E-state index in [1.54, 1.807) is 0 Å². The van der Waals surface area contributed by atoms with Crippen molar-refractivity contribution in [2.45, 2.75) is 12.8 Å². The smallest absolute Gasteiger partial charge is 0.320 e. The first-order chi connectivity index (χ1) is 6.43. The van der Waals surface area contributed by atoms with Crippen molar-refractivity contribution in [1.29, 1.82) is 0 Å². The van der Waals surface area contributed by atoms with Crippen LogP contribution >= 0.6 is 0 Å². The summed E-state index contributed by atoms with van der Waals surface area (Å²) in [6, 6.07) is 1.78. The lowest BCUT2D eigenvalue weighted by Crippen LogP contribution is -2.23. The van der Waals surface area contributed by atoms with E-state index in [9.17, 15) is 18.0 Å². The molecule has 1 amide bonds. The topological polar surface area (TPSA) is 29.1 Å². The van der Waals surface area contributed by atoms with Crippen LogP contribution in [0.15, 0.2) is 12.1 Å². The molecule has 0 aromatic heterocycles. The molecule has 0 saturated carbocycles. The second-order valence-electron chi connectivity index (χ2n) is 3.17. The van der Waals surface area contributed by atoms with Crippen LogP contribution in [0.4, 0.5) is 18.9 Å². The molecule has 74 valence electrons. The minimum absolute atomic E-state index is 0.0152. The Morgan fingerprint density at radius 1 is 1.36 bits per heavy atom. The summed E-state index contributed by atoms with van der Waals surface area (Å²) in [5.74, 6) is -5.79. The van der Waals surface area contributed by atoms with Gasteiger partial charge in [0.1, 0.15) is 5.82 Å². The maximum atomic E-state index is 13.1. The molecule has 0 aliphatic carbocycles. The van der Waals surface area contributed by atoms with E-state index >= 15 is 0 Å². The first-order valence-electron chi connectivity index (χ1n) is 3.93. The predicted molar refractivity (Wildman–Crippen MR) is 43.7 cm³/mol. The van der Waals surface area contributed by atoms with Gasteiger partial charge in [0.2, 0.25) is 0 Å². The predicted octanol–water partition coefficient (Wildman–Crippen LogP) is 2.18. The van der Waals surface area contributed by atoms with Crippen molar-refractivity contribution in [2.24, 2.45) is 0 Å². The van der Waals surface area contributed by atoms with Crippen LogP contribution in [0, 0.1) is 12.7 Å². The Morgan fingerprint density at radius 3 is 2.64 bits per heavy atom. The molecule has 1 aromatic rings. The number of fused-ring (bicyclic) bond motifs is 1. The first kappa shape index (κ1) is 9.05. The largest absolute Gasteiger partial charge is 0.352 e.